The maximum atomic E-state index is 6.19. The number of para-hydroxylation sites is 1. The van der Waals surface area contributed by atoms with Gasteiger partial charge in [0.25, 0.3) is 0 Å². The molecule has 1 aromatic heterocycles. The Morgan fingerprint density at radius 3 is 2.18 bits per heavy atom. The van der Waals surface area contributed by atoms with Crippen LogP contribution in [0.4, 0.5) is 23.1 Å². The topological polar surface area (TPSA) is 68.3 Å². The standard InChI is InChI=1S/C21H23ClN4O2/c1-12-7-6-8-13(2)20(12)26-21-23-14(3)9-19(25-21)24-16-11-17(27-4)15(22)10-18(16)28-5/h6-11H,1-5H3,(H2,23,24,25,26). The Morgan fingerprint density at radius 1 is 0.857 bits per heavy atom. The molecule has 0 fully saturated rings. The fourth-order valence-electron chi connectivity index (χ4n) is 2.91. The van der Waals surface area contributed by atoms with Gasteiger partial charge in [-0.25, -0.2) is 4.98 Å². The minimum absolute atomic E-state index is 0.473. The summed E-state index contributed by atoms with van der Waals surface area (Å²) < 4.78 is 10.7. The molecular weight excluding hydrogens is 376 g/mol. The van der Waals surface area contributed by atoms with Crippen molar-refractivity contribution in [1.82, 2.24) is 9.97 Å². The van der Waals surface area contributed by atoms with Crippen LogP contribution in [0.5, 0.6) is 11.5 Å². The molecule has 0 atom stereocenters. The van der Waals surface area contributed by atoms with Crippen molar-refractivity contribution in [3.63, 3.8) is 0 Å². The molecule has 2 N–H and O–H groups in total. The van der Waals surface area contributed by atoms with Crippen LogP contribution in [0.1, 0.15) is 16.8 Å². The van der Waals surface area contributed by atoms with E-state index in [0.717, 1.165) is 22.5 Å². The van der Waals surface area contributed by atoms with Crippen molar-refractivity contribution in [1.29, 1.82) is 0 Å². The van der Waals surface area contributed by atoms with Crippen molar-refractivity contribution in [3.05, 3.63) is 58.2 Å². The molecule has 3 rings (SSSR count). The summed E-state index contributed by atoms with van der Waals surface area (Å²) in [5.74, 6) is 2.28. The van der Waals surface area contributed by atoms with Gasteiger partial charge in [-0.1, -0.05) is 29.8 Å². The highest BCUT2D eigenvalue weighted by molar-refractivity contribution is 6.32. The predicted octanol–water partition coefficient (Wildman–Crippen LogP) is 5.56. The van der Waals surface area contributed by atoms with Gasteiger partial charge in [0, 0.05) is 29.6 Å². The minimum atomic E-state index is 0.473. The number of nitrogens with one attached hydrogen (secondary N) is 2. The van der Waals surface area contributed by atoms with Crippen molar-refractivity contribution in [2.45, 2.75) is 20.8 Å². The number of hydrogen-bond donors (Lipinski definition) is 2. The van der Waals surface area contributed by atoms with Gasteiger partial charge < -0.3 is 20.1 Å². The number of aromatic nitrogens is 2. The van der Waals surface area contributed by atoms with E-state index in [2.05, 4.69) is 46.6 Å². The molecule has 28 heavy (non-hydrogen) atoms. The van der Waals surface area contributed by atoms with E-state index in [4.69, 9.17) is 21.1 Å². The van der Waals surface area contributed by atoms with E-state index in [-0.39, 0.29) is 0 Å². The molecule has 0 aliphatic carbocycles. The Balaban J connectivity index is 1.94. The fraction of sp³-hybridized carbons (Fsp3) is 0.238. The number of benzene rings is 2. The van der Waals surface area contributed by atoms with Gasteiger partial charge in [0.15, 0.2) is 0 Å². The summed E-state index contributed by atoms with van der Waals surface area (Å²) in [6.45, 7) is 6.02. The van der Waals surface area contributed by atoms with Gasteiger partial charge in [0.05, 0.1) is 24.9 Å². The lowest BCUT2D eigenvalue weighted by Crippen LogP contribution is -2.05. The van der Waals surface area contributed by atoms with E-state index in [0.29, 0.717) is 34.0 Å². The third-order valence-electron chi connectivity index (χ3n) is 4.31. The molecule has 0 aliphatic heterocycles. The summed E-state index contributed by atoms with van der Waals surface area (Å²) in [4.78, 5) is 9.10. The zero-order valence-electron chi connectivity index (χ0n) is 16.6. The summed E-state index contributed by atoms with van der Waals surface area (Å²) in [5, 5.41) is 7.07. The van der Waals surface area contributed by atoms with Crippen LogP contribution in [-0.2, 0) is 0 Å². The molecule has 0 unspecified atom stereocenters. The molecule has 6 nitrogen and oxygen atoms in total. The van der Waals surface area contributed by atoms with Crippen molar-refractivity contribution in [3.8, 4) is 11.5 Å². The lowest BCUT2D eigenvalue weighted by atomic mass is 10.1. The Kier molecular flexibility index (Phi) is 5.90. The molecule has 7 heteroatoms. The second kappa shape index (κ2) is 8.35. The molecule has 0 saturated carbocycles. The maximum absolute atomic E-state index is 6.19. The van der Waals surface area contributed by atoms with Crippen LogP contribution in [0.3, 0.4) is 0 Å². The number of ether oxygens (including phenoxy) is 2. The van der Waals surface area contributed by atoms with Crippen LogP contribution in [0.25, 0.3) is 0 Å². The molecular formula is C21H23ClN4O2. The van der Waals surface area contributed by atoms with Crippen molar-refractivity contribution in [2.24, 2.45) is 0 Å². The first-order valence-electron chi connectivity index (χ1n) is 8.78. The van der Waals surface area contributed by atoms with Gasteiger partial charge in [-0.3, -0.25) is 0 Å². The molecule has 0 spiro atoms. The molecule has 0 bridgehead atoms. The summed E-state index contributed by atoms with van der Waals surface area (Å²) >= 11 is 6.19. The van der Waals surface area contributed by atoms with Crippen LogP contribution < -0.4 is 20.1 Å². The fourth-order valence-corrected chi connectivity index (χ4v) is 3.14. The van der Waals surface area contributed by atoms with Crippen LogP contribution in [0.2, 0.25) is 5.02 Å². The molecule has 0 saturated heterocycles. The first kappa shape index (κ1) is 19.8. The summed E-state index contributed by atoms with van der Waals surface area (Å²) in [6.07, 6.45) is 0. The Hall–Kier alpha value is -2.99. The lowest BCUT2D eigenvalue weighted by molar-refractivity contribution is 0.405. The first-order valence-corrected chi connectivity index (χ1v) is 9.16. The lowest BCUT2D eigenvalue weighted by Gasteiger charge is -2.15. The number of hydrogen-bond acceptors (Lipinski definition) is 6. The number of methoxy groups -OCH3 is 2. The van der Waals surface area contributed by atoms with Gasteiger partial charge in [-0.15, -0.1) is 0 Å². The SMILES string of the molecule is COc1cc(Nc2cc(C)nc(Nc3c(C)cccc3C)n2)c(OC)cc1Cl. The zero-order valence-corrected chi connectivity index (χ0v) is 17.3. The number of nitrogens with zero attached hydrogens (tertiary/aromatic N) is 2. The van der Waals surface area contributed by atoms with Crippen molar-refractivity contribution in [2.75, 3.05) is 24.9 Å². The number of halogens is 1. The molecule has 146 valence electrons. The summed E-state index contributed by atoms with van der Waals surface area (Å²) in [5.41, 5.74) is 4.78. The van der Waals surface area contributed by atoms with E-state index in [1.807, 2.05) is 19.1 Å². The average Bonchev–Trinajstić information content (AvgIpc) is 2.65. The van der Waals surface area contributed by atoms with Crippen LogP contribution in [0, 0.1) is 20.8 Å². The highest BCUT2D eigenvalue weighted by atomic mass is 35.5. The first-order chi connectivity index (χ1) is 13.4. The molecule has 0 amide bonds. The summed E-state index contributed by atoms with van der Waals surface area (Å²) in [6, 6.07) is 11.5. The number of aryl methyl sites for hydroxylation is 3. The normalized spacial score (nSPS) is 10.5. The maximum Gasteiger partial charge on any atom is 0.229 e. The van der Waals surface area contributed by atoms with Gasteiger partial charge in [0.1, 0.15) is 17.3 Å². The van der Waals surface area contributed by atoms with Crippen LogP contribution in [-0.4, -0.2) is 24.2 Å². The van der Waals surface area contributed by atoms with Gasteiger partial charge in [-0.2, -0.15) is 4.98 Å². The minimum Gasteiger partial charge on any atom is -0.495 e. The largest absolute Gasteiger partial charge is 0.495 e. The van der Waals surface area contributed by atoms with E-state index < -0.39 is 0 Å². The number of rotatable bonds is 6. The average molecular weight is 399 g/mol. The zero-order chi connectivity index (χ0) is 20.3. The van der Waals surface area contributed by atoms with E-state index >= 15 is 0 Å². The highest BCUT2D eigenvalue weighted by Gasteiger charge is 2.12. The highest BCUT2D eigenvalue weighted by Crippen LogP contribution is 2.37. The second-order valence-electron chi connectivity index (χ2n) is 6.42. The van der Waals surface area contributed by atoms with E-state index in [9.17, 15) is 0 Å². The van der Waals surface area contributed by atoms with Crippen LogP contribution in [0.15, 0.2) is 36.4 Å². The van der Waals surface area contributed by atoms with Crippen molar-refractivity contribution >= 4 is 34.7 Å². The quantitative estimate of drug-likeness (QED) is 0.566. The Labute approximate surface area is 169 Å². The third-order valence-corrected chi connectivity index (χ3v) is 4.60. The number of anilines is 4. The summed E-state index contributed by atoms with van der Waals surface area (Å²) in [7, 11) is 3.15. The molecule has 0 aliphatic rings. The van der Waals surface area contributed by atoms with Crippen LogP contribution >= 0.6 is 11.6 Å². The Morgan fingerprint density at radius 2 is 1.54 bits per heavy atom. The van der Waals surface area contributed by atoms with Crippen molar-refractivity contribution < 1.29 is 9.47 Å². The third kappa shape index (κ3) is 4.28. The molecule has 1 heterocycles. The van der Waals surface area contributed by atoms with Gasteiger partial charge >= 0.3 is 0 Å². The monoisotopic (exact) mass is 398 g/mol. The van der Waals surface area contributed by atoms with E-state index in [1.54, 1.807) is 26.4 Å². The second-order valence-corrected chi connectivity index (χ2v) is 6.83. The molecule has 0 radical (unpaired) electrons. The van der Waals surface area contributed by atoms with E-state index in [1.165, 1.54) is 0 Å². The Bertz CT molecular complexity index is 988. The molecule has 3 aromatic rings. The predicted molar refractivity (Wildman–Crippen MR) is 114 cm³/mol. The van der Waals surface area contributed by atoms with Gasteiger partial charge in [-0.05, 0) is 31.9 Å². The smallest absolute Gasteiger partial charge is 0.229 e. The van der Waals surface area contributed by atoms with Gasteiger partial charge in [0.2, 0.25) is 5.95 Å². The molecule has 2 aromatic carbocycles.